The maximum Gasteiger partial charge on any atom is 0.188 e. The van der Waals surface area contributed by atoms with Crippen LogP contribution in [0.25, 0.3) is 0 Å². The first-order valence-electron chi connectivity index (χ1n) is 4.39. The Morgan fingerprint density at radius 2 is 2.27 bits per heavy atom. The van der Waals surface area contributed by atoms with E-state index in [2.05, 4.69) is 26.2 Å². The van der Waals surface area contributed by atoms with Gasteiger partial charge in [-0.05, 0) is 40.5 Å². The lowest BCUT2D eigenvalue weighted by Gasteiger charge is -2.07. The van der Waals surface area contributed by atoms with Gasteiger partial charge in [0.05, 0.1) is 0 Å². The first-order chi connectivity index (χ1) is 7.15. The molecule has 0 amide bonds. The largest absolute Gasteiger partial charge is 0.399 e. The maximum absolute atomic E-state index is 5.72. The monoisotopic (exact) mass is 283 g/mol. The summed E-state index contributed by atoms with van der Waals surface area (Å²) in [6.07, 6.45) is 0. The molecule has 0 radical (unpaired) electrons. The van der Waals surface area contributed by atoms with Gasteiger partial charge in [0, 0.05) is 16.8 Å². The van der Waals surface area contributed by atoms with Gasteiger partial charge in [-0.15, -0.1) is 11.3 Å². The normalized spacial score (nSPS) is 10.3. The van der Waals surface area contributed by atoms with Crippen LogP contribution >= 0.6 is 27.3 Å². The van der Waals surface area contributed by atoms with Gasteiger partial charge in [-0.3, -0.25) is 0 Å². The third kappa shape index (κ3) is 2.49. The van der Waals surface area contributed by atoms with Crippen LogP contribution in [0.3, 0.4) is 0 Å². The summed E-state index contributed by atoms with van der Waals surface area (Å²) in [5.74, 6) is 0. The molecule has 3 N–H and O–H groups in total. The van der Waals surface area contributed by atoms with Crippen molar-refractivity contribution in [2.45, 2.75) is 6.92 Å². The standard InChI is InChI=1S/C10H10BrN3S/c1-6-2-3-7(12)4-8(6)13-10-14-9(11)5-15-10/h2-5H,12H2,1H3,(H,13,14). The van der Waals surface area contributed by atoms with Gasteiger partial charge in [-0.1, -0.05) is 6.07 Å². The zero-order valence-corrected chi connectivity index (χ0v) is 10.5. The van der Waals surface area contributed by atoms with Crippen molar-refractivity contribution in [2.75, 3.05) is 11.1 Å². The molecule has 2 aromatic rings. The molecule has 0 aliphatic rings. The van der Waals surface area contributed by atoms with Crippen molar-refractivity contribution in [2.24, 2.45) is 0 Å². The van der Waals surface area contributed by atoms with Gasteiger partial charge in [-0.25, -0.2) is 4.98 Å². The summed E-state index contributed by atoms with van der Waals surface area (Å²) < 4.78 is 0.844. The average molecular weight is 284 g/mol. The van der Waals surface area contributed by atoms with E-state index in [1.54, 1.807) is 11.3 Å². The van der Waals surface area contributed by atoms with Crippen LogP contribution in [0.15, 0.2) is 28.2 Å². The number of nitrogens with two attached hydrogens (primary N) is 1. The van der Waals surface area contributed by atoms with Gasteiger partial charge in [0.2, 0.25) is 0 Å². The average Bonchev–Trinajstić information content (AvgIpc) is 2.58. The first-order valence-corrected chi connectivity index (χ1v) is 6.06. The molecule has 1 aromatic carbocycles. The molecule has 15 heavy (non-hydrogen) atoms. The van der Waals surface area contributed by atoms with Gasteiger partial charge in [0.15, 0.2) is 5.13 Å². The van der Waals surface area contributed by atoms with Crippen molar-refractivity contribution in [1.82, 2.24) is 4.98 Å². The highest BCUT2D eigenvalue weighted by molar-refractivity contribution is 9.10. The van der Waals surface area contributed by atoms with Crippen molar-refractivity contribution in [3.63, 3.8) is 0 Å². The van der Waals surface area contributed by atoms with Crippen molar-refractivity contribution >= 4 is 43.8 Å². The molecule has 1 heterocycles. The molecule has 2 rings (SSSR count). The molecule has 0 atom stereocenters. The molecule has 78 valence electrons. The number of aryl methyl sites for hydroxylation is 1. The summed E-state index contributed by atoms with van der Waals surface area (Å²) in [7, 11) is 0. The number of nitrogens with one attached hydrogen (secondary N) is 1. The second-order valence-electron chi connectivity index (χ2n) is 3.17. The Morgan fingerprint density at radius 3 is 2.93 bits per heavy atom. The van der Waals surface area contributed by atoms with Gasteiger partial charge in [0.1, 0.15) is 4.60 Å². The van der Waals surface area contributed by atoms with Crippen LogP contribution < -0.4 is 11.1 Å². The van der Waals surface area contributed by atoms with E-state index in [1.165, 1.54) is 0 Å². The molecule has 1 aromatic heterocycles. The molecule has 0 saturated heterocycles. The number of anilines is 3. The lowest BCUT2D eigenvalue weighted by molar-refractivity contribution is 1.33. The number of hydrogen-bond acceptors (Lipinski definition) is 4. The molecule has 0 fully saturated rings. The van der Waals surface area contributed by atoms with Crippen LogP contribution in [0.1, 0.15) is 5.56 Å². The minimum absolute atomic E-state index is 0.749. The smallest absolute Gasteiger partial charge is 0.188 e. The van der Waals surface area contributed by atoms with Gasteiger partial charge >= 0.3 is 0 Å². The molecule has 0 spiro atoms. The summed E-state index contributed by atoms with van der Waals surface area (Å²) >= 11 is 4.86. The SMILES string of the molecule is Cc1ccc(N)cc1Nc1nc(Br)cs1. The maximum atomic E-state index is 5.72. The number of benzene rings is 1. The summed E-state index contributed by atoms with van der Waals surface area (Å²) in [4.78, 5) is 4.26. The Morgan fingerprint density at radius 1 is 1.47 bits per heavy atom. The number of hydrogen-bond donors (Lipinski definition) is 2. The van der Waals surface area contributed by atoms with E-state index in [4.69, 9.17) is 5.73 Å². The molecule has 0 aliphatic heterocycles. The molecule has 0 bridgehead atoms. The van der Waals surface area contributed by atoms with Crippen LogP contribution in [0.2, 0.25) is 0 Å². The number of nitrogens with zero attached hydrogens (tertiary/aromatic N) is 1. The first kappa shape index (κ1) is 10.4. The van der Waals surface area contributed by atoms with Crippen LogP contribution in [0, 0.1) is 6.92 Å². The fourth-order valence-electron chi connectivity index (χ4n) is 1.20. The predicted octanol–water partition coefficient (Wildman–Crippen LogP) is 3.54. The van der Waals surface area contributed by atoms with Gasteiger partial charge in [0.25, 0.3) is 0 Å². The lowest BCUT2D eigenvalue weighted by atomic mass is 10.2. The van der Waals surface area contributed by atoms with Crippen molar-refractivity contribution in [3.8, 4) is 0 Å². The molecule has 0 aliphatic carbocycles. The van der Waals surface area contributed by atoms with Crippen LogP contribution in [-0.2, 0) is 0 Å². The number of rotatable bonds is 2. The number of nitrogen functional groups attached to an aromatic ring is 1. The van der Waals surface area contributed by atoms with Crippen LogP contribution in [-0.4, -0.2) is 4.98 Å². The van der Waals surface area contributed by atoms with E-state index in [-0.39, 0.29) is 0 Å². The molecular formula is C10H10BrN3S. The Labute approximate surface area is 100 Å². The van der Waals surface area contributed by atoms with Gasteiger partial charge in [-0.2, -0.15) is 0 Å². The molecule has 5 heteroatoms. The second-order valence-corrected chi connectivity index (χ2v) is 4.85. The third-order valence-electron chi connectivity index (χ3n) is 1.98. The molecule has 0 unspecified atom stereocenters. The van der Waals surface area contributed by atoms with Crippen molar-refractivity contribution < 1.29 is 0 Å². The van der Waals surface area contributed by atoms with E-state index in [1.807, 2.05) is 30.5 Å². The zero-order valence-electron chi connectivity index (χ0n) is 8.12. The summed E-state index contributed by atoms with van der Waals surface area (Å²) in [5.41, 5.74) is 8.61. The lowest BCUT2D eigenvalue weighted by Crippen LogP contribution is -1.94. The fourth-order valence-corrected chi connectivity index (χ4v) is 2.36. The zero-order chi connectivity index (χ0) is 10.8. The van der Waals surface area contributed by atoms with Crippen LogP contribution in [0.5, 0.6) is 0 Å². The van der Waals surface area contributed by atoms with E-state index >= 15 is 0 Å². The van der Waals surface area contributed by atoms with E-state index < -0.39 is 0 Å². The minimum atomic E-state index is 0.749. The fraction of sp³-hybridized carbons (Fsp3) is 0.100. The Kier molecular flexibility index (Phi) is 2.93. The van der Waals surface area contributed by atoms with Crippen molar-refractivity contribution in [1.29, 1.82) is 0 Å². The third-order valence-corrected chi connectivity index (χ3v) is 3.45. The number of thiazole rings is 1. The highest BCUT2D eigenvalue weighted by Crippen LogP contribution is 2.26. The Balaban J connectivity index is 2.27. The number of halogens is 1. The Hall–Kier alpha value is -1.07. The Bertz CT molecular complexity index is 481. The van der Waals surface area contributed by atoms with Crippen LogP contribution in [0.4, 0.5) is 16.5 Å². The second kappa shape index (κ2) is 4.20. The topological polar surface area (TPSA) is 50.9 Å². The summed E-state index contributed by atoms with van der Waals surface area (Å²) in [5, 5.41) is 6.02. The van der Waals surface area contributed by atoms with E-state index in [0.717, 1.165) is 26.7 Å². The number of aromatic nitrogens is 1. The molecule has 3 nitrogen and oxygen atoms in total. The molecular weight excluding hydrogens is 274 g/mol. The van der Waals surface area contributed by atoms with Gasteiger partial charge < -0.3 is 11.1 Å². The highest BCUT2D eigenvalue weighted by Gasteiger charge is 2.02. The summed E-state index contributed by atoms with van der Waals surface area (Å²) in [6, 6.07) is 5.78. The highest BCUT2D eigenvalue weighted by atomic mass is 79.9. The molecule has 0 saturated carbocycles. The van der Waals surface area contributed by atoms with E-state index in [0.29, 0.717) is 0 Å². The predicted molar refractivity (Wildman–Crippen MR) is 68.7 cm³/mol. The summed E-state index contributed by atoms with van der Waals surface area (Å²) in [6.45, 7) is 2.03. The minimum Gasteiger partial charge on any atom is -0.399 e. The quantitative estimate of drug-likeness (QED) is 0.829. The van der Waals surface area contributed by atoms with E-state index in [9.17, 15) is 0 Å². The van der Waals surface area contributed by atoms with Crippen molar-refractivity contribution in [3.05, 3.63) is 33.7 Å².